The largest absolute Gasteiger partial charge is 0.481 e. The first-order valence-electron chi connectivity index (χ1n) is 7.06. The summed E-state index contributed by atoms with van der Waals surface area (Å²) in [7, 11) is 0. The third-order valence-corrected chi connectivity index (χ3v) is 3.08. The van der Waals surface area contributed by atoms with E-state index < -0.39 is 17.9 Å². The van der Waals surface area contributed by atoms with E-state index in [1.165, 1.54) is 0 Å². The van der Waals surface area contributed by atoms with Crippen LogP contribution in [0, 0.1) is 5.92 Å². The molecular weight excluding hydrogens is 262 g/mol. The van der Waals surface area contributed by atoms with Gasteiger partial charge in [-0.3, -0.25) is 9.59 Å². The number of rotatable bonds is 9. The average molecular weight is 285 g/mol. The summed E-state index contributed by atoms with van der Waals surface area (Å²) < 4.78 is 0. The molecule has 0 bridgehead atoms. The summed E-state index contributed by atoms with van der Waals surface area (Å²) in [5.41, 5.74) is 0. The van der Waals surface area contributed by atoms with Gasteiger partial charge in [-0.25, -0.2) is 4.79 Å². The van der Waals surface area contributed by atoms with Gasteiger partial charge < -0.3 is 21.1 Å². The number of carbonyl (C=O) groups excluding carboxylic acids is 2. The van der Waals surface area contributed by atoms with Gasteiger partial charge >= 0.3 is 12.0 Å². The molecule has 0 radical (unpaired) electrons. The zero-order chi connectivity index (χ0) is 15.0. The minimum atomic E-state index is -0.907. The topological polar surface area (TPSA) is 108 Å². The number of carbonyl (C=O) groups is 3. The number of hydrogen-bond acceptors (Lipinski definition) is 3. The Morgan fingerprint density at radius 3 is 2.50 bits per heavy atom. The Morgan fingerprint density at radius 1 is 1.25 bits per heavy atom. The highest BCUT2D eigenvalue weighted by molar-refractivity contribution is 5.79. The maximum absolute atomic E-state index is 11.4. The van der Waals surface area contributed by atoms with Crippen LogP contribution in [-0.2, 0) is 9.59 Å². The molecule has 4 N–H and O–H groups in total. The number of nitrogens with one attached hydrogen (secondary N) is 3. The van der Waals surface area contributed by atoms with Crippen LogP contribution >= 0.6 is 0 Å². The second-order valence-corrected chi connectivity index (χ2v) is 5.05. The molecule has 1 unspecified atom stereocenters. The third kappa shape index (κ3) is 6.96. The molecule has 1 aliphatic rings. The highest BCUT2D eigenvalue weighted by Crippen LogP contribution is 2.18. The predicted octanol–water partition coefficient (Wildman–Crippen LogP) is 0.455. The standard InChI is InChI=1S/C13H23N3O4/c1-2-3-9(12(18)19)8-15-13(20)14-7-6-11(17)16-10-4-5-10/h9-10H,2-8H2,1H3,(H,16,17)(H,18,19)(H2,14,15,20). The van der Waals surface area contributed by atoms with Crippen molar-refractivity contribution < 1.29 is 19.5 Å². The molecule has 0 aromatic rings. The summed E-state index contributed by atoms with van der Waals surface area (Å²) >= 11 is 0. The van der Waals surface area contributed by atoms with Crippen molar-refractivity contribution in [2.75, 3.05) is 13.1 Å². The normalized spacial score (nSPS) is 15.2. The van der Waals surface area contributed by atoms with Gasteiger partial charge in [0.25, 0.3) is 0 Å². The second-order valence-electron chi connectivity index (χ2n) is 5.05. The molecule has 1 atom stereocenters. The molecule has 1 aliphatic carbocycles. The smallest absolute Gasteiger partial charge is 0.314 e. The lowest BCUT2D eigenvalue weighted by atomic mass is 10.0. The first-order chi connectivity index (χ1) is 9.52. The van der Waals surface area contributed by atoms with E-state index in [1.54, 1.807) is 0 Å². The van der Waals surface area contributed by atoms with E-state index in [2.05, 4.69) is 16.0 Å². The average Bonchev–Trinajstić information content (AvgIpc) is 3.17. The summed E-state index contributed by atoms with van der Waals surface area (Å²) in [6, 6.07) is -0.117. The molecule has 7 heteroatoms. The second kappa shape index (κ2) is 8.39. The summed E-state index contributed by atoms with van der Waals surface area (Å²) in [5.74, 6) is -1.54. The van der Waals surface area contributed by atoms with Gasteiger partial charge in [0.15, 0.2) is 0 Å². The molecule has 0 saturated heterocycles. The predicted molar refractivity (Wildman–Crippen MR) is 73.2 cm³/mol. The maximum Gasteiger partial charge on any atom is 0.314 e. The van der Waals surface area contributed by atoms with Crippen molar-refractivity contribution in [1.29, 1.82) is 0 Å². The fourth-order valence-electron chi connectivity index (χ4n) is 1.76. The molecule has 1 saturated carbocycles. The van der Waals surface area contributed by atoms with Gasteiger partial charge in [-0.15, -0.1) is 0 Å². The molecule has 20 heavy (non-hydrogen) atoms. The number of urea groups is 1. The van der Waals surface area contributed by atoms with Crippen LogP contribution < -0.4 is 16.0 Å². The Labute approximate surface area is 118 Å². The third-order valence-electron chi connectivity index (χ3n) is 3.08. The van der Waals surface area contributed by atoms with E-state index >= 15 is 0 Å². The number of hydrogen-bond donors (Lipinski definition) is 4. The van der Waals surface area contributed by atoms with Crippen molar-refractivity contribution >= 4 is 17.9 Å². The van der Waals surface area contributed by atoms with E-state index in [1.807, 2.05) is 6.92 Å². The molecule has 0 aromatic heterocycles. The van der Waals surface area contributed by atoms with E-state index in [-0.39, 0.29) is 25.4 Å². The monoisotopic (exact) mass is 285 g/mol. The Hall–Kier alpha value is -1.79. The lowest BCUT2D eigenvalue weighted by Crippen LogP contribution is -2.41. The van der Waals surface area contributed by atoms with Crippen LogP contribution in [-0.4, -0.2) is 42.1 Å². The van der Waals surface area contributed by atoms with Gasteiger partial charge in [0.05, 0.1) is 5.92 Å². The highest BCUT2D eigenvalue weighted by atomic mass is 16.4. The quantitative estimate of drug-likeness (QED) is 0.493. The SMILES string of the molecule is CCCC(CNC(=O)NCCC(=O)NC1CC1)C(=O)O. The molecule has 1 fully saturated rings. The minimum absolute atomic E-state index is 0.0674. The molecule has 114 valence electrons. The van der Waals surface area contributed by atoms with Crippen molar-refractivity contribution in [2.45, 2.75) is 45.1 Å². The van der Waals surface area contributed by atoms with Crippen LogP contribution in [0.1, 0.15) is 39.0 Å². The number of aliphatic carboxylic acids is 1. The molecule has 0 spiro atoms. The van der Waals surface area contributed by atoms with Gasteiger partial charge in [-0.1, -0.05) is 13.3 Å². The Kier molecular flexibility index (Phi) is 6.83. The van der Waals surface area contributed by atoms with Gasteiger partial charge in [0.1, 0.15) is 0 Å². The van der Waals surface area contributed by atoms with Crippen LogP contribution in [0.25, 0.3) is 0 Å². The number of amides is 3. The van der Waals surface area contributed by atoms with Gasteiger partial charge in [-0.2, -0.15) is 0 Å². The Bertz CT molecular complexity index is 356. The Morgan fingerprint density at radius 2 is 1.95 bits per heavy atom. The summed E-state index contributed by atoms with van der Waals surface area (Å²) in [5, 5.41) is 16.8. The highest BCUT2D eigenvalue weighted by Gasteiger charge is 2.22. The fourth-order valence-corrected chi connectivity index (χ4v) is 1.76. The van der Waals surface area contributed by atoms with E-state index in [9.17, 15) is 14.4 Å². The van der Waals surface area contributed by atoms with Gasteiger partial charge in [0.2, 0.25) is 5.91 Å². The van der Waals surface area contributed by atoms with Crippen molar-refractivity contribution in [3.8, 4) is 0 Å². The first-order valence-corrected chi connectivity index (χ1v) is 7.06. The van der Waals surface area contributed by atoms with Crippen molar-refractivity contribution in [3.63, 3.8) is 0 Å². The summed E-state index contributed by atoms with van der Waals surface area (Å²) in [6.07, 6.45) is 3.59. The first kappa shape index (κ1) is 16.3. The molecule has 3 amide bonds. The van der Waals surface area contributed by atoms with Crippen LogP contribution in [0.4, 0.5) is 4.79 Å². The number of carboxylic acids is 1. The van der Waals surface area contributed by atoms with Gasteiger partial charge in [-0.05, 0) is 19.3 Å². The van der Waals surface area contributed by atoms with E-state index in [4.69, 9.17) is 5.11 Å². The lowest BCUT2D eigenvalue weighted by Gasteiger charge is -2.13. The van der Waals surface area contributed by atoms with Crippen LogP contribution in [0.15, 0.2) is 0 Å². The van der Waals surface area contributed by atoms with Gasteiger partial charge in [0, 0.05) is 25.6 Å². The molecular formula is C13H23N3O4. The molecule has 0 heterocycles. The summed E-state index contributed by atoms with van der Waals surface area (Å²) in [6.45, 7) is 2.24. The minimum Gasteiger partial charge on any atom is -0.481 e. The van der Waals surface area contributed by atoms with Crippen LogP contribution in [0.5, 0.6) is 0 Å². The van der Waals surface area contributed by atoms with Crippen LogP contribution in [0.2, 0.25) is 0 Å². The van der Waals surface area contributed by atoms with Crippen LogP contribution in [0.3, 0.4) is 0 Å². The lowest BCUT2D eigenvalue weighted by molar-refractivity contribution is -0.141. The molecule has 1 rings (SSSR count). The zero-order valence-electron chi connectivity index (χ0n) is 11.8. The van der Waals surface area contributed by atoms with Crippen molar-refractivity contribution in [2.24, 2.45) is 5.92 Å². The summed E-state index contributed by atoms with van der Waals surface area (Å²) in [4.78, 5) is 33.7. The van der Waals surface area contributed by atoms with E-state index in [0.717, 1.165) is 19.3 Å². The Balaban J connectivity index is 2.09. The zero-order valence-corrected chi connectivity index (χ0v) is 11.8. The van der Waals surface area contributed by atoms with Crippen molar-refractivity contribution in [1.82, 2.24) is 16.0 Å². The number of carboxylic acid groups (broad SMARTS) is 1. The van der Waals surface area contributed by atoms with E-state index in [0.29, 0.717) is 12.5 Å². The molecule has 0 aliphatic heterocycles. The molecule has 0 aromatic carbocycles. The van der Waals surface area contributed by atoms with Crippen molar-refractivity contribution in [3.05, 3.63) is 0 Å². The fraction of sp³-hybridized carbons (Fsp3) is 0.769. The molecule has 7 nitrogen and oxygen atoms in total. The maximum atomic E-state index is 11.4.